The molecule has 2 heterocycles. The van der Waals surface area contributed by atoms with Crippen LogP contribution in [0, 0.1) is 0 Å². The van der Waals surface area contributed by atoms with Gasteiger partial charge >= 0.3 is 0 Å². The quantitative estimate of drug-likeness (QED) is 0.723. The predicted octanol–water partition coefficient (Wildman–Crippen LogP) is 3.32. The maximum atomic E-state index is 4.39. The fraction of sp³-hybridized carbons (Fsp3) is 0.118. The Morgan fingerprint density at radius 2 is 1.35 bits per heavy atom. The lowest BCUT2D eigenvalue weighted by Gasteiger charge is -2.03. The van der Waals surface area contributed by atoms with E-state index in [4.69, 9.17) is 0 Å². The molecule has 3 nitrogen and oxygen atoms in total. The van der Waals surface area contributed by atoms with Crippen LogP contribution in [0.4, 0.5) is 0 Å². The van der Waals surface area contributed by atoms with Gasteiger partial charge in [-0.3, -0.25) is 4.98 Å². The van der Waals surface area contributed by atoms with Gasteiger partial charge in [0, 0.05) is 18.6 Å². The first-order valence-corrected chi connectivity index (χ1v) is 6.68. The smallest absolute Gasteiger partial charge is 0.178 e. The molecule has 98 valence electrons. The first-order valence-electron chi connectivity index (χ1n) is 6.68. The van der Waals surface area contributed by atoms with Gasteiger partial charge in [-0.25, -0.2) is 9.97 Å². The van der Waals surface area contributed by atoms with E-state index in [1.165, 1.54) is 5.56 Å². The standard InChI is InChI=1S/C17H15N3/c1-2-6-14(7-3-1)9-10-15-12-19-17(20-13-15)16-8-4-5-11-18-16/h1-8,11-13H,9-10H2. The van der Waals surface area contributed by atoms with Gasteiger partial charge in [0.05, 0.1) is 0 Å². The second kappa shape index (κ2) is 6.06. The van der Waals surface area contributed by atoms with Gasteiger partial charge in [-0.2, -0.15) is 0 Å². The Balaban J connectivity index is 1.68. The SMILES string of the molecule is c1ccc(CCc2cnc(-c3ccccn3)nc2)cc1. The Labute approximate surface area is 118 Å². The van der Waals surface area contributed by atoms with Crippen molar-refractivity contribution in [2.45, 2.75) is 12.8 Å². The van der Waals surface area contributed by atoms with Crippen molar-refractivity contribution in [2.75, 3.05) is 0 Å². The molecular weight excluding hydrogens is 246 g/mol. The number of aromatic nitrogens is 3. The highest BCUT2D eigenvalue weighted by Gasteiger charge is 2.02. The summed E-state index contributed by atoms with van der Waals surface area (Å²) in [6.45, 7) is 0. The summed E-state index contributed by atoms with van der Waals surface area (Å²) in [6, 6.07) is 16.2. The highest BCUT2D eigenvalue weighted by molar-refractivity contribution is 5.47. The van der Waals surface area contributed by atoms with Gasteiger partial charge < -0.3 is 0 Å². The summed E-state index contributed by atoms with van der Waals surface area (Å²) >= 11 is 0. The molecule has 0 aliphatic carbocycles. The second-order valence-corrected chi connectivity index (χ2v) is 4.62. The van der Waals surface area contributed by atoms with Crippen molar-refractivity contribution in [3.05, 3.63) is 78.2 Å². The topological polar surface area (TPSA) is 38.7 Å². The van der Waals surface area contributed by atoms with E-state index in [0.29, 0.717) is 5.82 Å². The van der Waals surface area contributed by atoms with Crippen LogP contribution in [0.1, 0.15) is 11.1 Å². The van der Waals surface area contributed by atoms with E-state index in [1.807, 2.05) is 36.7 Å². The maximum absolute atomic E-state index is 4.39. The van der Waals surface area contributed by atoms with Gasteiger partial charge in [0.15, 0.2) is 5.82 Å². The summed E-state index contributed by atoms with van der Waals surface area (Å²) in [7, 11) is 0. The molecule has 3 rings (SSSR count). The van der Waals surface area contributed by atoms with Crippen LogP contribution in [0.15, 0.2) is 67.1 Å². The second-order valence-electron chi connectivity index (χ2n) is 4.62. The molecule has 0 N–H and O–H groups in total. The third kappa shape index (κ3) is 3.06. The zero-order chi connectivity index (χ0) is 13.6. The zero-order valence-corrected chi connectivity index (χ0v) is 11.1. The van der Waals surface area contributed by atoms with E-state index in [0.717, 1.165) is 24.1 Å². The number of nitrogens with zero attached hydrogens (tertiary/aromatic N) is 3. The highest BCUT2D eigenvalue weighted by atomic mass is 14.9. The van der Waals surface area contributed by atoms with Crippen LogP contribution in [0.5, 0.6) is 0 Å². The van der Waals surface area contributed by atoms with E-state index in [-0.39, 0.29) is 0 Å². The lowest BCUT2D eigenvalue weighted by atomic mass is 10.1. The first kappa shape index (κ1) is 12.5. The summed E-state index contributed by atoms with van der Waals surface area (Å²) in [5, 5.41) is 0. The Morgan fingerprint density at radius 1 is 0.650 bits per heavy atom. The molecule has 2 aromatic heterocycles. The van der Waals surface area contributed by atoms with Crippen molar-refractivity contribution in [3.8, 4) is 11.5 Å². The molecule has 0 spiro atoms. The monoisotopic (exact) mass is 261 g/mol. The normalized spacial score (nSPS) is 10.4. The van der Waals surface area contributed by atoms with Crippen molar-refractivity contribution in [1.29, 1.82) is 0 Å². The van der Waals surface area contributed by atoms with Crippen LogP contribution in [-0.2, 0) is 12.8 Å². The minimum Gasteiger partial charge on any atom is -0.253 e. The first-order chi connectivity index (χ1) is 9.92. The van der Waals surface area contributed by atoms with Crippen LogP contribution in [0.3, 0.4) is 0 Å². The van der Waals surface area contributed by atoms with Crippen LogP contribution < -0.4 is 0 Å². The molecule has 0 unspecified atom stereocenters. The maximum Gasteiger partial charge on any atom is 0.178 e. The van der Waals surface area contributed by atoms with E-state index in [2.05, 4.69) is 39.2 Å². The van der Waals surface area contributed by atoms with Crippen molar-refractivity contribution in [3.63, 3.8) is 0 Å². The summed E-state index contributed by atoms with van der Waals surface area (Å²) in [6.07, 6.45) is 7.49. The largest absolute Gasteiger partial charge is 0.253 e. The average molecular weight is 261 g/mol. The summed E-state index contributed by atoms with van der Waals surface area (Å²) in [5.41, 5.74) is 3.29. The molecule has 3 aromatic rings. The molecule has 1 aromatic carbocycles. The molecule has 0 fully saturated rings. The number of pyridine rings is 1. The fourth-order valence-corrected chi connectivity index (χ4v) is 2.04. The number of aryl methyl sites for hydroxylation is 2. The lowest BCUT2D eigenvalue weighted by Crippen LogP contribution is -1.96. The summed E-state index contributed by atoms with van der Waals surface area (Å²) in [4.78, 5) is 13.0. The minimum absolute atomic E-state index is 0.675. The number of benzene rings is 1. The Kier molecular flexibility index (Phi) is 3.78. The summed E-state index contributed by atoms with van der Waals surface area (Å²) in [5.74, 6) is 0.675. The molecule has 0 aliphatic heterocycles. The summed E-state index contributed by atoms with van der Waals surface area (Å²) < 4.78 is 0. The molecule has 0 amide bonds. The van der Waals surface area contributed by atoms with Gasteiger partial charge in [0.25, 0.3) is 0 Å². The molecule has 0 saturated heterocycles. The number of hydrogen-bond donors (Lipinski definition) is 0. The van der Waals surface area contributed by atoms with E-state index in [1.54, 1.807) is 6.20 Å². The van der Waals surface area contributed by atoms with E-state index >= 15 is 0 Å². The molecule has 0 aliphatic rings. The van der Waals surface area contributed by atoms with E-state index < -0.39 is 0 Å². The average Bonchev–Trinajstić information content (AvgIpc) is 2.55. The van der Waals surface area contributed by atoms with Gasteiger partial charge in [0.2, 0.25) is 0 Å². The van der Waals surface area contributed by atoms with Crippen LogP contribution >= 0.6 is 0 Å². The third-order valence-corrected chi connectivity index (χ3v) is 3.14. The van der Waals surface area contributed by atoms with Crippen LogP contribution in [0.25, 0.3) is 11.5 Å². The Hall–Kier alpha value is -2.55. The molecule has 0 atom stereocenters. The fourth-order valence-electron chi connectivity index (χ4n) is 2.04. The third-order valence-electron chi connectivity index (χ3n) is 3.14. The highest BCUT2D eigenvalue weighted by Crippen LogP contribution is 2.11. The van der Waals surface area contributed by atoms with Crippen molar-refractivity contribution in [1.82, 2.24) is 15.0 Å². The van der Waals surface area contributed by atoms with Gasteiger partial charge in [0.1, 0.15) is 5.69 Å². The van der Waals surface area contributed by atoms with Crippen molar-refractivity contribution < 1.29 is 0 Å². The molecule has 0 saturated carbocycles. The predicted molar refractivity (Wildman–Crippen MR) is 79.1 cm³/mol. The number of rotatable bonds is 4. The molecule has 20 heavy (non-hydrogen) atoms. The van der Waals surface area contributed by atoms with Gasteiger partial charge in [-0.15, -0.1) is 0 Å². The molecule has 0 bridgehead atoms. The Morgan fingerprint density at radius 3 is 2.05 bits per heavy atom. The molecule has 3 heteroatoms. The van der Waals surface area contributed by atoms with E-state index in [9.17, 15) is 0 Å². The van der Waals surface area contributed by atoms with Crippen LogP contribution in [0.2, 0.25) is 0 Å². The Bertz CT molecular complexity index is 649. The van der Waals surface area contributed by atoms with Crippen molar-refractivity contribution in [2.24, 2.45) is 0 Å². The van der Waals surface area contributed by atoms with Crippen molar-refractivity contribution >= 4 is 0 Å². The minimum atomic E-state index is 0.675. The molecular formula is C17H15N3. The van der Waals surface area contributed by atoms with Gasteiger partial charge in [-0.05, 0) is 36.1 Å². The van der Waals surface area contributed by atoms with Crippen LogP contribution in [-0.4, -0.2) is 15.0 Å². The molecule has 0 radical (unpaired) electrons. The zero-order valence-electron chi connectivity index (χ0n) is 11.1. The lowest BCUT2D eigenvalue weighted by molar-refractivity contribution is 0.933. The van der Waals surface area contributed by atoms with Gasteiger partial charge in [-0.1, -0.05) is 36.4 Å². The number of hydrogen-bond acceptors (Lipinski definition) is 3.